The van der Waals surface area contributed by atoms with E-state index >= 15 is 0 Å². The first-order valence-corrected chi connectivity index (χ1v) is 13.4. The number of nitrogens with zero attached hydrogens (tertiary/aromatic N) is 5. The molecule has 1 saturated carbocycles. The number of hydrogen-bond acceptors (Lipinski definition) is 8. The molecule has 5 heterocycles. The van der Waals surface area contributed by atoms with Crippen LogP contribution in [-0.2, 0) is 5.60 Å². The summed E-state index contributed by atoms with van der Waals surface area (Å²) in [5.74, 6) is -3.40. The predicted molar refractivity (Wildman–Crippen MR) is 151 cm³/mol. The second kappa shape index (κ2) is 11.3. The van der Waals surface area contributed by atoms with Gasteiger partial charge >= 0.3 is 0 Å². The van der Waals surface area contributed by atoms with Gasteiger partial charge in [-0.2, -0.15) is 0 Å². The van der Waals surface area contributed by atoms with Gasteiger partial charge in [0.05, 0.1) is 5.92 Å². The van der Waals surface area contributed by atoms with Crippen LogP contribution in [-0.4, -0.2) is 41.6 Å². The Hall–Kier alpha value is -4.95. The Morgan fingerprint density at radius 3 is 1.71 bits per heavy atom. The normalized spacial score (nSPS) is 23.9. The SMILES string of the molecule is O=C(c1cccnc1)[C@@H]1[C@H](c2ccncc2)[C@@H](C(=O)c2cccnc2)[C@](O)(c2cccnc2)C[C@@H]1c1ccncc1. The number of pyridine rings is 5. The highest BCUT2D eigenvalue weighted by atomic mass is 16.3. The summed E-state index contributed by atoms with van der Waals surface area (Å²) in [6.45, 7) is 0. The Labute approximate surface area is 237 Å². The lowest BCUT2D eigenvalue weighted by Gasteiger charge is -2.51. The van der Waals surface area contributed by atoms with Crippen LogP contribution in [0.5, 0.6) is 0 Å². The minimum absolute atomic E-state index is 0.109. The van der Waals surface area contributed by atoms with Crippen LogP contribution in [0.25, 0.3) is 0 Å². The van der Waals surface area contributed by atoms with Crippen molar-refractivity contribution in [2.24, 2.45) is 11.8 Å². The van der Waals surface area contributed by atoms with Crippen molar-refractivity contribution in [3.8, 4) is 0 Å². The number of aliphatic hydroxyl groups is 1. The average molecular weight is 542 g/mol. The largest absolute Gasteiger partial charge is 0.384 e. The minimum Gasteiger partial charge on any atom is -0.384 e. The molecule has 0 radical (unpaired) electrons. The van der Waals surface area contributed by atoms with Crippen LogP contribution in [0.4, 0.5) is 0 Å². The van der Waals surface area contributed by atoms with E-state index in [1.807, 2.05) is 24.3 Å². The van der Waals surface area contributed by atoms with Crippen LogP contribution in [0, 0.1) is 11.8 Å². The van der Waals surface area contributed by atoms with E-state index in [0.717, 1.165) is 11.1 Å². The Balaban J connectivity index is 1.64. The number of ketones is 2. The molecule has 0 saturated heterocycles. The highest BCUT2D eigenvalue weighted by Gasteiger charge is 2.58. The first-order chi connectivity index (χ1) is 20.1. The molecule has 0 unspecified atom stereocenters. The van der Waals surface area contributed by atoms with Gasteiger partial charge in [0.1, 0.15) is 5.60 Å². The lowest BCUT2D eigenvalue weighted by molar-refractivity contribution is -0.0693. The number of rotatable bonds is 7. The van der Waals surface area contributed by atoms with Gasteiger partial charge in [-0.3, -0.25) is 34.5 Å². The monoisotopic (exact) mass is 541 g/mol. The molecule has 41 heavy (non-hydrogen) atoms. The lowest BCUT2D eigenvalue weighted by Crippen LogP contribution is -2.53. The van der Waals surface area contributed by atoms with Crippen LogP contribution in [0.15, 0.2) is 123 Å². The maximum absolute atomic E-state index is 14.6. The fourth-order valence-electron chi connectivity index (χ4n) is 6.30. The number of hydrogen-bond donors (Lipinski definition) is 1. The first kappa shape index (κ1) is 26.3. The summed E-state index contributed by atoms with van der Waals surface area (Å²) in [5, 5.41) is 12.8. The van der Waals surface area contributed by atoms with Gasteiger partial charge in [0, 0.05) is 90.5 Å². The highest BCUT2D eigenvalue weighted by Crippen LogP contribution is 2.58. The average Bonchev–Trinajstić information content (AvgIpc) is 3.05. The summed E-state index contributed by atoms with van der Waals surface area (Å²) < 4.78 is 0. The van der Waals surface area contributed by atoms with Crippen molar-refractivity contribution in [1.29, 1.82) is 0 Å². The molecule has 6 rings (SSSR count). The second-order valence-electron chi connectivity index (χ2n) is 10.3. The van der Waals surface area contributed by atoms with Crippen molar-refractivity contribution in [3.63, 3.8) is 0 Å². The van der Waals surface area contributed by atoms with Crippen LogP contribution in [0.1, 0.15) is 55.7 Å². The van der Waals surface area contributed by atoms with E-state index in [1.54, 1.807) is 92.2 Å². The Kier molecular flexibility index (Phi) is 7.22. The molecule has 8 nitrogen and oxygen atoms in total. The van der Waals surface area contributed by atoms with E-state index in [2.05, 4.69) is 24.9 Å². The molecule has 0 spiro atoms. The molecule has 0 aliphatic heterocycles. The molecule has 202 valence electrons. The fourth-order valence-corrected chi connectivity index (χ4v) is 6.30. The van der Waals surface area contributed by atoms with Gasteiger partial charge in [-0.15, -0.1) is 0 Å². The van der Waals surface area contributed by atoms with Crippen LogP contribution >= 0.6 is 0 Å². The smallest absolute Gasteiger partial charge is 0.171 e. The number of carbonyl (C=O) groups excluding carboxylic acids is 2. The maximum Gasteiger partial charge on any atom is 0.171 e. The lowest BCUT2D eigenvalue weighted by atomic mass is 9.52. The van der Waals surface area contributed by atoms with Crippen molar-refractivity contribution in [1.82, 2.24) is 24.9 Å². The predicted octanol–water partition coefficient (Wildman–Crippen LogP) is 4.82. The Bertz CT molecular complexity index is 1620. The molecule has 5 aromatic heterocycles. The van der Waals surface area contributed by atoms with Crippen molar-refractivity contribution >= 4 is 11.6 Å². The van der Waals surface area contributed by atoms with Gasteiger partial charge in [-0.05, 0) is 78.1 Å². The van der Waals surface area contributed by atoms with Crippen molar-refractivity contribution in [2.45, 2.75) is 23.9 Å². The molecule has 0 amide bonds. The van der Waals surface area contributed by atoms with Crippen molar-refractivity contribution in [3.05, 3.63) is 150 Å². The summed E-state index contributed by atoms with van der Waals surface area (Å²) in [6.07, 6.45) is 16.3. The molecule has 8 heteroatoms. The number of carbonyl (C=O) groups is 2. The van der Waals surface area contributed by atoms with E-state index in [0.29, 0.717) is 16.7 Å². The van der Waals surface area contributed by atoms with E-state index < -0.39 is 29.3 Å². The van der Waals surface area contributed by atoms with Crippen molar-refractivity contribution in [2.75, 3.05) is 0 Å². The van der Waals surface area contributed by atoms with E-state index in [-0.39, 0.29) is 18.0 Å². The van der Waals surface area contributed by atoms with Gasteiger partial charge in [0.15, 0.2) is 11.6 Å². The van der Waals surface area contributed by atoms with Gasteiger partial charge in [0.25, 0.3) is 0 Å². The van der Waals surface area contributed by atoms with Gasteiger partial charge < -0.3 is 5.11 Å². The summed E-state index contributed by atoms with van der Waals surface area (Å²) in [4.78, 5) is 50.1. The van der Waals surface area contributed by atoms with Gasteiger partial charge in [-0.25, -0.2) is 0 Å². The third kappa shape index (κ3) is 4.94. The van der Waals surface area contributed by atoms with Crippen LogP contribution in [0.3, 0.4) is 0 Å². The molecular formula is C33H27N5O3. The summed E-state index contributed by atoms with van der Waals surface area (Å²) in [6, 6.07) is 17.7. The third-order valence-corrected chi connectivity index (χ3v) is 8.09. The highest BCUT2D eigenvalue weighted by molar-refractivity contribution is 6.02. The van der Waals surface area contributed by atoms with E-state index in [4.69, 9.17) is 0 Å². The summed E-state index contributed by atoms with van der Waals surface area (Å²) >= 11 is 0. The maximum atomic E-state index is 14.6. The second-order valence-corrected chi connectivity index (χ2v) is 10.3. The zero-order chi connectivity index (χ0) is 28.2. The summed E-state index contributed by atoms with van der Waals surface area (Å²) in [7, 11) is 0. The number of aromatic nitrogens is 5. The Morgan fingerprint density at radius 1 is 0.634 bits per heavy atom. The van der Waals surface area contributed by atoms with Gasteiger partial charge in [0.2, 0.25) is 0 Å². The summed E-state index contributed by atoms with van der Waals surface area (Å²) in [5.41, 5.74) is 1.20. The molecular weight excluding hydrogens is 514 g/mol. The van der Waals surface area contributed by atoms with Gasteiger partial charge in [-0.1, -0.05) is 6.07 Å². The molecule has 1 fully saturated rings. The van der Waals surface area contributed by atoms with E-state index in [9.17, 15) is 14.7 Å². The molecule has 5 atom stereocenters. The van der Waals surface area contributed by atoms with E-state index in [1.165, 1.54) is 6.20 Å². The molecule has 1 aliphatic carbocycles. The molecule has 1 N–H and O–H groups in total. The standard InChI is InChI=1S/C33H27N5O3/c39-31(24-4-1-11-36-19-24)29-27(22-7-14-34-15-8-22)18-33(41,26-6-3-13-38-21-26)30(28(29)23-9-16-35-17-10-23)32(40)25-5-2-12-37-20-25/h1-17,19-21,27-30,41H,18H2/t27-,28+,29+,30+,33-/m1/s1. The molecule has 5 aromatic rings. The van der Waals surface area contributed by atoms with Crippen LogP contribution in [0.2, 0.25) is 0 Å². The fraction of sp³-hybridized carbons (Fsp3) is 0.182. The topological polar surface area (TPSA) is 119 Å². The molecule has 0 aromatic carbocycles. The zero-order valence-corrected chi connectivity index (χ0v) is 22.1. The minimum atomic E-state index is -1.67. The molecule has 0 bridgehead atoms. The number of Topliss-reactive ketones (excluding diaryl/α,β-unsaturated/α-hetero) is 2. The molecule has 1 aliphatic rings. The Morgan fingerprint density at radius 2 is 1.17 bits per heavy atom. The first-order valence-electron chi connectivity index (χ1n) is 13.4. The van der Waals surface area contributed by atoms with Crippen LogP contribution < -0.4 is 0 Å². The quantitative estimate of drug-likeness (QED) is 0.291. The third-order valence-electron chi connectivity index (χ3n) is 8.09. The zero-order valence-electron chi connectivity index (χ0n) is 22.1. The van der Waals surface area contributed by atoms with Crippen molar-refractivity contribution < 1.29 is 14.7 Å².